The van der Waals surface area contributed by atoms with Crippen LogP contribution in [-0.2, 0) is 14.3 Å². The number of nitrogens with zero attached hydrogens (tertiary/aromatic N) is 3. The van der Waals surface area contributed by atoms with Crippen molar-refractivity contribution in [2.75, 3.05) is 20.3 Å². The summed E-state index contributed by atoms with van der Waals surface area (Å²) in [6.45, 7) is 5.10. The number of aromatic amines is 2. The number of fused-ring (bicyclic) bond motifs is 1. The third-order valence-corrected chi connectivity index (χ3v) is 8.49. The maximum absolute atomic E-state index is 14.0. The predicted octanol–water partition coefficient (Wildman–Crippen LogP) is 4.86. The Hall–Kier alpha value is -4.62. The van der Waals surface area contributed by atoms with E-state index in [-0.39, 0.29) is 23.9 Å². The number of benzene rings is 2. The van der Waals surface area contributed by atoms with Gasteiger partial charge in [0.05, 0.1) is 31.2 Å². The van der Waals surface area contributed by atoms with Gasteiger partial charge >= 0.3 is 6.09 Å². The van der Waals surface area contributed by atoms with Crippen molar-refractivity contribution in [3.63, 3.8) is 0 Å². The van der Waals surface area contributed by atoms with Gasteiger partial charge in [0.1, 0.15) is 23.4 Å². The van der Waals surface area contributed by atoms with Crippen molar-refractivity contribution in [2.24, 2.45) is 5.92 Å². The van der Waals surface area contributed by atoms with Crippen molar-refractivity contribution < 1.29 is 19.1 Å². The topological polar surface area (TPSA) is 125 Å². The van der Waals surface area contributed by atoms with E-state index in [0.29, 0.717) is 26.1 Å². The highest BCUT2D eigenvalue weighted by Gasteiger charge is 2.43. The summed E-state index contributed by atoms with van der Waals surface area (Å²) in [5, 5.41) is 5.01. The zero-order valence-corrected chi connectivity index (χ0v) is 24.6. The first-order chi connectivity index (χ1) is 20.9. The van der Waals surface area contributed by atoms with Crippen LogP contribution in [0.5, 0.6) is 0 Å². The first kappa shape index (κ1) is 28.5. The van der Waals surface area contributed by atoms with Crippen LogP contribution in [0.25, 0.3) is 22.0 Å². The van der Waals surface area contributed by atoms with Crippen molar-refractivity contribution in [3.05, 3.63) is 71.7 Å². The van der Waals surface area contributed by atoms with E-state index in [0.717, 1.165) is 57.8 Å². The van der Waals surface area contributed by atoms with Gasteiger partial charge in [-0.3, -0.25) is 4.79 Å². The molecule has 3 N–H and O–H groups in total. The molecule has 10 nitrogen and oxygen atoms in total. The number of amides is 2. The van der Waals surface area contributed by atoms with Crippen LogP contribution in [0.3, 0.4) is 0 Å². The molecule has 2 saturated heterocycles. The van der Waals surface area contributed by atoms with Crippen LogP contribution < -0.4 is 5.32 Å². The third-order valence-electron chi connectivity index (χ3n) is 8.49. The number of alkyl carbamates (subject to hydrolysis) is 1. The fraction of sp³-hybridized carbons (Fsp3) is 0.394. The number of H-pyrrole nitrogens is 2. The molecule has 4 heterocycles. The Bertz CT molecular complexity index is 1690. The molecular weight excluding hydrogens is 544 g/mol. The number of hydrogen-bond acceptors (Lipinski definition) is 6. The molecule has 2 amide bonds. The summed E-state index contributed by atoms with van der Waals surface area (Å²) in [4.78, 5) is 43.7. The Morgan fingerprint density at radius 3 is 2.58 bits per heavy atom. The second kappa shape index (κ2) is 12.3. The van der Waals surface area contributed by atoms with Gasteiger partial charge < -0.3 is 29.7 Å². The number of imidazole rings is 2. The van der Waals surface area contributed by atoms with E-state index in [9.17, 15) is 9.59 Å². The number of rotatable bonds is 5. The summed E-state index contributed by atoms with van der Waals surface area (Å²) in [5.74, 6) is 7.80. The van der Waals surface area contributed by atoms with Crippen molar-refractivity contribution in [2.45, 2.75) is 57.7 Å². The molecule has 6 rings (SSSR count). The van der Waals surface area contributed by atoms with E-state index >= 15 is 0 Å². The highest BCUT2D eigenvalue weighted by Crippen LogP contribution is 2.37. The molecule has 2 aliphatic rings. The Morgan fingerprint density at radius 2 is 1.81 bits per heavy atom. The lowest BCUT2D eigenvalue weighted by Gasteiger charge is -2.36. The number of hydrogen-bond donors (Lipinski definition) is 3. The Kier molecular flexibility index (Phi) is 8.16. The molecule has 43 heavy (non-hydrogen) atoms. The third kappa shape index (κ3) is 6.13. The fourth-order valence-corrected chi connectivity index (χ4v) is 6.17. The van der Waals surface area contributed by atoms with Crippen LogP contribution in [0.1, 0.15) is 61.6 Å². The standard InChI is InChI=1S/C33H36N6O4/c1-20-4-11-29(39(20)32(40)30(38-33(41)42-3)23-12-14-43-15-13-23)31-35-19-28(37-31)26-9-8-24-16-22(5-7-25(24)17-26)6-10-27-18-34-21(2)36-27/h5,7-9,16-20,23,29-30H,4,11-15H2,1-3H3,(H,34,36)(H,35,37)(H,38,41)/t20-,29-,30?/m0/s1. The molecule has 3 atom stereocenters. The molecule has 2 fully saturated rings. The minimum Gasteiger partial charge on any atom is -0.453 e. The van der Waals surface area contributed by atoms with Gasteiger partial charge in [0.25, 0.3) is 0 Å². The minimum atomic E-state index is -0.674. The van der Waals surface area contributed by atoms with Crippen LogP contribution in [0, 0.1) is 24.7 Å². The summed E-state index contributed by atoms with van der Waals surface area (Å²) in [7, 11) is 1.32. The second-order valence-electron chi connectivity index (χ2n) is 11.3. The second-order valence-corrected chi connectivity index (χ2v) is 11.3. The number of methoxy groups -OCH3 is 1. The maximum atomic E-state index is 14.0. The van der Waals surface area contributed by atoms with Gasteiger partial charge in [0.2, 0.25) is 5.91 Å². The number of carbonyl (C=O) groups is 2. The van der Waals surface area contributed by atoms with Crippen LogP contribution >= 0.6 is 0 Å². The average molecular weight is 581 g/mol. The summed E-state index contributed by atoms with van der Waals surface area (Å²) in [6, 6.07) is 11.6. The Morgan fingerprint density at radius 1 is 1.02 bits per heavy atom. The number of likely N-dealkylation sites (tertiary alicyclic amines) is 1. The van der Waals surface area contributed by atoms with Gasteiger partial charge in [-0.15, -0.1) is 0 Å². The number of carbonyl (C=O) groups excluding carboxylic acids is 2. The van der Waals surface area contributed by atoms with Crippen LogP contribution in [0.2, 0.25) is 0 Å². The molecule has 0 spiro atoms. The quantitative estimate of drug-likeness (QED) is 0.290. The lowest BCUT2D eigenvalue weighted by molar-refractivity contribution is -0.138. The summed E-state index contributed by atoms with van der Waals surface area (Å²) < 4.78 is 10.4. The van der Waals surface area contributed by atoms with Crippen molar-refractivity contribution in [1.82, 2.24) is 30.2 Å². The molecule has 4 aromatic rings. The van der Waals surface area contributed by atoms with E-state index in [2.05, 4.69) is 69.4 Å². The van der Waals surface area contributed by atoms with Crippen LogP contribution in [-0.4, -0.2) is 69.2 Å². The molecule has 1 unspecified atom stereocenters. The van der Waals surface area contributed by atoms with Crippen molar-refractivity contribution in [1.29, 1.82) is 0 Å². The molecule has 2 aromatic carbocycles. The van der Waals surface area contributed by atoms with Crippen molar-refractivity contribution in [3.8, 4) is 23.1 Å². The first-order valence-corrected chi connectivity index (χ1v) is 14.8. The van der Waals surface area contributed by atoms with Gasteiger partial charge in [-0.2, -0.15) is 0 Å². The number of aromatic nitrogens is 4. The minimum absolute atomic E-state index is 0.0141. The van der Waals surface area contributed by atoms with E-state index in [1.807, 2.05) is 24.1 Å². The van der Waals surface area contributed by atoms with Crippen molar-refractivity contribution >= 4 is 22.8 Å². The lowest BCUT2D eigenvalue weighted by atomic mass is 9.90. The molecule has 0 saturated carbocycles. The van der Waals surface area contributed by atoms with Gasteiger partial charge in [-0.1, -0.05) is 24.1 Å². The highest BCUT2D eigenvalue weighted by atomic mass is 16.5. The van der Waals surface area contributed by atoms with Crippen LogP contribution in [0.4, 0.5) is 4.79 Å². The van der Waals surface area contributed by atoms with Gasteiger partial charge in [0, 0.05) is 30.4 Å². The van der Waals surface area contributed by atoms with E-state index in [4.69, 9.17) is 14.5 Å². The summed E-state index contributed by atoms with van der Waals surface area (Å²) >= 11 is 0. The maximum Gasteiger partial charge on any atom is 0.407 e. The normalized spacial score (nSPS) is 19.6. The van der Waals surface area contributed by atoms with Gasteiger partial charge in [-0.25, -0.2) is 14.8 Å². The Labute approximate surface area is 250 Å². The molecule has 2 aliphatic heterocycles. The molecule has 0 radical (unpaired) electrons. The fourth-order valence-electron chi connectivity index (χ4n) is 6.17. The molecule has 2 aromatic heterocycles. The molecule has 0 bridgehead atoms. The largest absolute Gasteiger partial charge is 0.453 e. The van der Waals surface area contributed by atoms with E-state index in [1.54, 1.807) is 6.20 Å². The predicted molar refractivity (Wildman–Crippen MR) is 162 cm³/mol. The van der Waals surface area contributed by atoms with Gasteiger partial charge in [-0.05, 0) is 80.3 Å². The summed E-state index contributed by atoms with van der Waals surface area (Å²) in [6.07, 6.45) is 6.02. The smallest absolute Gasteiger partial charge is 0.407 e. The van der Waals surface area contributed by atoms with E-state index < -0.39 is 12.1 Å². The molecule has 10 heteroatoms. The number of ether oxygens (including phenoxy) is 2. The zero-order chi connectivity index (χ0) is 29.9. The van der Waals surface area contributed by atoms with E-state index in [1.165, 1.54) is 7.11 Å². The molecule has 0 aliphatic carbocycles. The number of aryl methyl sites for hydroxylation is 1. The Balaban J connectivity index is 1.22. The number of nitrogens with one attached hydrogen (secondary N) is 3. The highest BCUT2D eigenvalue weighted by molar-refractivity contribution is 5.88. The first-order valence-electron chi connectivity index (χ1n) is 14.8. The van der Waals surface area contributed by atoms with Gasteiger partial charge in [0.15, 0.2) is 0 Å². The average Bonchev–Trinajstić information content (AvgIpc) is 3.78. The summed E-state index contributed by atoms with van der Waals surface area (Å²) in [5.41, 5.74) is 3.61. The monoisotopic (exact) mass is 580 g/mol. The lowest BCUT2D eigenvalue weighted by Crippen LogP contribution is -2.54. The van der Waals surface area contributed by atoms with Crippen LogP contribution in [0.15, 0.2) is 48.8 Å². The SMILES string of the molecule is COC(=O)NC(C(=O)N1[C@@H](C)CC[C@H]1c1ncc(-c2ccc3cc(C#Cc4cnc(C)[nH]4)ccc3c2)[nH]1)C1CCOCC1. The molecule has 222 valence electrons. The molecular formula is C33H36N6O4. The zero-order valence-electron chi connectivity index (χ0n) is 24.6.